The molecule has 4 heteroatoms. The lowest BCUT2D eigenvalue weighted by Crippen LogP contribution is -2.35. The summed E-state index contributed by atoms with van der Waals surface area (Å²) in [6.45, 7) is 6.84. The van der Waals surface area contributed by atoms with E-state index in [1.54, 1.807) is 0 Å². The molecule has 1 heterocycles. The molecule has 1 unspecified atom stereocenters. The number of urea groups is 1. The molecular weight excluding hydrogens is 262 g/mol. The summed E-state index contributed by atoms with van der Waals surface area (Å²) in [6, 6.07) is 7.70. The van der Waals surface area contributed by atoms with Gasteiger partial charge in [-0.25, -0.2) is 4.79 Å². The Hall–Kier alpha value is -1.71. The normalized spacial score (nSPS) is 16.6. The quantitative estimate of drug-likeness (QED) is 0.778. The van der Waals surface area contributed by atoms with Crippen molar-refractivity contribution in [3.8, 4) is 0 Å². The maximum atomic E-state index is 12.6. The van der Waals surface area contributed by atoms with Gasteiger partial charge in [0.1, 0.15) is 0 Å². The Kier molecular flexibility index (Phi) is 5.48. The first kappa shape index (κ1) is 15.7. The highest BCUT2D eigenvalue weighted by Crippen LogP contribution is 2.27. The fraction of sp³-hybridized carbons (Fsp3) is 0.588. The predicted octanol–water partition coefficient (Wildman–Crippen LogP) is 3.73. The third kappa shape index (κ3) is 3.69. The first-order chi connectivity index (χ1) is 10.2. The molecule has 1 fully saturated rings. The molecule has 4 nitrogen and oxygen atoms in total. The van der Waals surface area contributed by atoms with Gasteiger partial charge in [-0.15, -0.1) is 0 Å². The van der Waals surface area contributed by atoms with Gasteiger partial charge < -0.3 is 10.6 Å². The number of hydrogen-bond acceptors (Lipinski definition) is 2. The number of benzene rings is 1. The maximum Gasteiger partial charge on any atom is 0.324 e. The summed E-state index contributed by atoms with van der Waals surface area (Å²) in [5.74, 6) is 0.613. The minimum atomic E-state index is 0.0999. The Morgan fingerprint density at radius 1 is 1.24 bits per heavy atom. The first-order valence-corrected chi connectivity index (χ1v) is 8.08. The lowest BCUT2D eigenvalue weighted by atomic mass is 9.99. The standard InChI is InChI=1S/C17H27N3O/c1-3-5-8-14(4-2)13-19-11-12-20(17(19)21)16-10-7-6-9-15(16)18/h6-7,9-10,14H,3-5,8,11-13,18H2,1-2H3. The van der Waals surface area contributed by atoms with E-state index in [9.17, 15) is 4.79 Å². The van der Waals surface area contributed by atoms with E-state index >= 15 is 0 Å². The van der Waals surface area contributed by atoms with Gasteiger partial charge in [-0.3, -0.25) is 4.90 Å². The summed E-state index contributed by atoms with van der Waals surface area (Å²) in [7, 11) is 0. The highest BCUT2D eigenvalue weighted by atomic mass is 16.2. The number of rotatable bonds is 7. The van der Waals surface area contributed by atoms with Gasteiger partial charge in [0.15, 0.2) is 0 Å². The fourth-order valence-electron chi connectivity index (χ4n) is 2.94. The third-order valence-corrected chi connectivity index (χ3v) is 4.34. The number of nitrogens with two attached hydrogens (primary N) is 1. The van der Waals surface area contributed by atoms with Crippen LogP contribution in [0.2, 0.25) is 0 Å². The lowest BCUT2D eigenvalue weighted by Gasteiger charge is -2.24. The monoisotopic (exact) mass is 289 g/mol. The minimum Gasteiger partial charge on any atom is -0.397 e. The van der Waals surface area contributed by atoms with Crippen molar-refractivity contribution >= 4 is 17.4 Å². The Balaban J connectivity index is 2.00. The molecule has 1 aromatic carbocycles. The molecule has 1 aliphatic rings. The van der Waals surface area contributed by atoms with Gasteiger partial charge in [0.25, 0.3) is 0 Å². The number of hydrogen-bond donors (Lipinski definition) is 1. The predicted molar refractivity (Wildman–Crippen MR) is 88.5 cm³/mol. The van der Waals surface area contributed by atoms with E-state index in [0.717, 1.165) is 31.7 Å². The summed E-state index contributed by atoms with van der Waals surface area (Å²) in [5.41, 5.74) is 7.50. The average molecular weight is 289 g/mol. The van der Waals surface area contributed by atoms with Crippen LogP contribution in [-0.4, -0.2) is 30.6 Å². The smallest absolute Gasteiger partial charge is 0.324 e. The summed E-state index contributed by atoms with van der Waals surface area (Å²) in [6.07, 6.45) is 4.81. The van der Waals surface area contributed by atoms with Crippen molar-refractivity contribution in [1.82, 2.24) is 4.90 Å². The van der Waals surface area contributed by atoms with Gasteiger partial charge in [0.05, 0.1) is 11.4 Å². The van der Waals surface area contributed by atoms with Crippen LogP contribution >= 0.6 is 0 Å². The highest BCUT2D eigenvalue weighted by Gasteiger charge is 2.31. The summed E-state index contributed by atoms with van der Waals surface area (Å²) in [4.78, 5) is 16.4. The van der Waals surface area contributed by atoms with Crippen LogP contribution in [0.4, 0.5) is 16.2 Å². The van der Waals surface area contributed by atoms with Gasteiger partial charge >= 0.3 is 6.03 Å². The van der Waals surface area contributed by atoms with Crippen LogP contribution in [0, 0.1) is 5.92 Å². The van der Waals surface area contributed by atoms with Gasteiger partial charge in [-0.05, 0) is 24.5 Å². The molecule has 1 saturated heterocycles. The lowest BCUT2D eigenvalue weighted by molar-refractivity contribution is 0.208. The van der Waals surface area contributed by atoms with Crippen LogP contribution in [0.5, 0.6) is 0 Å². The van der Waals surface area contributed by atoms with Crippen LogP contribution in [0.25, 0.3) is 0 Å². The zero-order chi connectivity index (χ0) is 15.2. The third-order valence-electron chi connectivity index (χ3n) is 4.34. The molecule has 2 N–H and O–H groups in total. The molecule has 0 bridgehead atoms. The number of carbonyl (C=O) groups is 1. The summed E-state index contributed by atoms with van der Waals surface area (Å²) < 4.78 is 0. The van der Waals surface area contributed by atoms with E-state index in [1.807, 2.05) is 34.1 Å². The maximum absolute atomic E-state index is 12.6. The molecule has 1 aromatic rings. The Morgan fingerprint density at radius 3 is 2.67 bits per heavy atom. The second-order valence-corrected chi connectivity index (χ2v) is 5.86. The molecule has 2 amide bonds. The van der Waals surface area contributed by atoms with E-state index in [-0.39, 0.29) is 6.03 Å². The van der Waals surface area contributed by atoms with Gasteiger partial charge in [-0.1, -0.05) is 45.2 Å². The Bertz CT molecular complexity index is 475. The highest BCUT2D eigenvalue weighted by molar-refractivity contribution is 5.97. The van der Waals surface area contributed by atoms with Crippen molar-refractivity contribution in [3.63, 3.8) is 0 Å². The van der Waals surface area contributed by atoms with Crippen molar-refractivity contribution in [1.29, 1.82) is 0 Å². The minimum absolute atomic E-state index is 0.0999. The van der Waals surface area contributed by atoms with Crippen LogP contribution < -0.4 is 10.6 Å². The van der Waals surface area contributed by atoms with Crippen LogP contribution in [0.3, 0.4) is 0 Å². The molecule has 0 saturated carbocycles. The van der Waals surface area contributed by atoms with E-state index in [4.69, 9.17) is 5.73 Å². The van der Waals surface area contributed by atoms with E-state index in [1.165, 1.54) is 19.3 Å². The zero-order valence-electron chi connectivity index (χ0n) is 13.2. The number of unbranched alkanes of at least 4 members (excludes halogenated alkanes) is 1. The van der Waals surface area contributed by atoms with Gasteiger partial charge in [-0.2, -0.15) is 0 Å². The van der Waals surface area contributed by atoms with Crippen molar-refractivity contribution < 1.29 is 4.79 Å². The SMILES string of the molecule is CCCCC(CC)CN1CCN(c2ccccc2N)C1=O. The number of nitrogen functional groups attached to an aromatic ring is 1. The van der Waals surface area contributed by atoms with E-state index in [2.05, 4.69) is 13.8 Å². The number of nitrogens with zero attached hydrogens (tertiary/aromatic N) is 2. The Labute approximate surface area is 127 Å². The number of para-hydroxylation sites is 2. The van der Waals surface area contributed by atoms with E-state index in [0.29, 0.717) is 11.6 Å². The Morgan fingerprint density at radius 2 is 2.00 bits per heavy atom. The van der Waals surface area contributed by atoms with Gasteiger partial charge in [0.2, 0.25) is 0 Å². The molecule has 1 atom stereocenters. The van der Waals surface area contributed by atoms with Crippen molar-refractivity contribution in [2.75, 3.05) is 30.3 Å². The number of carbonyl (C=O) groups excluding carboxylic acids is 1. The van der Waals surface area contributed by atoms with Gasteiger partial charge in [0, 0.05) is 19.6 Å². The number of amides is 2. The van der Waals surface area contributed by atoms with E-state index < -0.39 is 0 Å². The molecule has 0 aromatic heterocycles. The molecule has 0 radical (unpaired) electrons. The molecular formula is C17H27N3O. The second-order valence-electron chi connectivity index (χ2n) is 5.86. The average Bonchev–Trinajstić information content (AvgIpc) is 2.85. The summed E-state index contributed by atoms with van der Waals surface area (Å²) in [5, 5.41) is 0. The molecule has 1 aliphatic heterocycles. The van der Waals surface area contributed by atoms with Crippen molar-refractivity contribution in [3.05, 3.63) is 24.3 Å². The van der Waals surface area contributed by atoms with Crippen LogP contribution in [0.1, 0.15) is 39.5 Å². The molecule has 0 aliphatic carbocycles. The largest absolute Gasteiger partial charge is 0.397 e. The zero-order valence-corrected chi connectivity index (χ0v) is 13.2. The van der Waals surface area contributed by atoms with Crippen molar-refractivity contribution in [2.45, 2.75) is 39.5 Å². The molecule has 0 spiro atoms. The number of anilines is 2. The van der Waals surface area contributed by atoms with Crippen LogP contribution in [0.15, 0.2) is 24.3 Å². The fourth-order valence-corrected chi connectivity index (χ4v) is 2.94. The van der Waals surface area contributed by atoms with Crippen molar-refractivity contribution in [2.24, 2.45) is 5.92 Å². The topological polar surface area (TPSA) is 49.6 Å². The van der Waals surface area contributed by atoms with Crippen LogP contribution in [-0.2, 0) is 0 Å². The summed E-state index contributed by atoms with van der Waals surface area (Å²) >= 11 is 0. The molecule has 21 heavy (non-hydrogen) atoms. The second kappa shape index (κ2) is 7.34. The molecule has 2 rings (SSSR count). The molecule has 116 valence electrons. The first-order valence-electron chi connectivity index (χ1n) is 8.08.